The van der Waals surface area contributed by atoms with Gasteiger partial charge in [-0.15, -0.1) is 0 Å². The maximum Gasteiger partial charge on any atom is 0.261 e. The maximum atomic E-state index is 11.8. The lowest BCUT2D eigenvalue weighted by molar-refractivity contribution is 0.00754. The largest absolute Gasteiger partial charge is 0.491 e. The smallest absolute Gasteiger partial charge is 0.261 e. The highest BCUT2D eigenvalue weighted by Crippen LogP contribution is 2.17. The Hall–Kier alpha value is -1.20. The van der Waals surface area contributed by atoms with Gasteiger partial charge in [-0.2, -0.15) is 0 Å². The highest BCUT2D eigenvalue weighted by molar-refractivity contribution is 5.33. The molecule has 0 radical (unpaired) electrons. The third-order valence-corrected chi connectivity index (χ3v) is 2.44. The Morgan fingerprint density at radius 3 is 2.74 bits per heavy atom. The van der Waals surface area contributed by atoms with Crippen LogP contribution in [0.4, 0.5) is 8.78 Å². The molecular weight excluding hydrogens is 252 g/mol. The Morgan fingerprint density at radius 2 is 2.00 bits per heavy atom. The minimum Gasteiger partial charge on any atom is -0.491 e. The molecule has 0 atom stereocenters. The van der Waals surface area contributed by atoms with Gasteiger partial charge in [-0.25, -0.2) is 8.78 Å². The summed E-state index contributed by atoms with van der Waals surface area (Å²) in [6.07, 6.45) is -1.35. The molecule has 0 saturated heterocycles. The van der Waals surface area contributed by atoms with Crippen molar-refractivity contribution in [2.75, 3.05) is 26.4 Å². The molecular formula is C14H21F2NO2. The summed E-state index contributed by atoms with van der Waals surface area (Å²) >= 11 is 0. The van der Waals surface area contributed by atoms with Crippen molar-refractivity contribution in [1.29, 1.82) is 0 Å². The first-order valence-corrected chi connectivity index (χ1v) is 6.51. The summed E-state index contributed by atoms with van der Waals surface area (Å²) in [5, 5.41) is 3.30. The summed E-state index contributed by atoms with van der Waals surface area (Å²) in [5.74, 6) is 0.770. The monoisotopic (exact) mass is 273 g/mol. The van der Waals surface area contributed by atoms with E-state index in [2.05, 4.69) is 12.2 Å². The van der Waals surface area contributed by atoms with E-state index in [0.717, 1.165) is 30.8 Å². The fourth-order valence-electron chi connectivity index (χ4n) is 1.57. The number of para-hydroxylation sites is 1. The molecule has 0 unspecified atom stereocenters. The number of ether oxygens (including phenoxy) is 2. The van der Waals surface area contributed by atoms with E-state index in [4.69, 9.17) is 9.47 Å². The molecule has 0 aliphatic carbocycles. The van der Waals surface area contributed by atoms with Crippen LogP contribution in [-0.2, 0) is 11.3 Å². The molecule has 3 nitrogen and oxygen atoms in total. The van der Waals surface area contributed by atoms with Crippen molar-refractivity contribution in [2.24, 2.45) is 0 Å². The van der Waals surface area contributed by atoms with Crippen LogP contribution in [0, 0.1) is 0 Å². The molecule has 1 aromatic carbocycles. The van der Waals surface area contributed by atoms with E-state index >= 15 is 0 Å². The van der Waals surface area contributed by atoms with Crippen molar-refractivity contribution in [3.63, 3.8) is 0 Å². The van der Waals surface area contributed by atoms with E-state index < -0.39 is 13.0 Å². The van der Waals surface area contributed by atoms with Crippen LogP contribution in [0.5, 0.6) is 5.75 Å². The predicted molar refractivity (Wildman–Crippen MR) is 70.8 cm³/mol. The van der Waals surface area contributed by atoms with E-state index in [0.29, 0.717) is 0 Å². The molecule has 1 rings (SSSR count). The lowest BCUT2D eigenvalue weighted by Gasteiger charge is -2.12. The Morgan fingerprint density at radius 1 is 1.21 bits per heavy atom. The normalized spacial score (nSPS) is 10.9. The first-order valence-electron chi connectivity index (χ1n) is 6.51. The number of rotatable bonds is 10. The summed E-state index contributed by atoms with van der Waals surface area (Å²) < 4.78 is 34.0. The van der Waals surface area contributed by atoms with Crippen LogP contribution in [0.2, 0.25) is 0 Å². The lowest BCUT2D eigenvalue weighted by Crippen LogP contribution is -2.16. The van der Waals surface area contributed by atoms with Crippen molar-refractivity contribution in [3.05, 3.63) is 29.8 Å². The molecule has 0 amide bonds. The summed E-state index contributed by atoms with van der Waals surface area (Å²) in [6.45, 7) is 3.70. The second-order valence-corrected chi connectivity index (χ2v) is 4.10. The second-order valence-electron chi connectivity index (χ2n) is 4.10. The fraction of sp³-hybridized carbons (Fsp3) is 0.571. The molecule has 0 spiro atoms. The first kappa shape index (κ1) is 15.9. The van der Waals surface area contributed by atoms with Gasteiger partial charge in [0.05, 0.1) is 6.61 Å². The van der Waals surface area contributed by atoms with Crippen molar-refractivity contribution < 1.29 is 18.3 Å². The number of halogens is 2. The first-order chi connectivity index (χ1) is 9.24. The third kappa shape index (κ3) is 7.08. The zero-order chi connectivity index (χ0) is 13.9. The Bertz CT molecular complexity index is 348. The highest BCUT2D eigenvalue weighted by atomic mass is 19.3. The van der Waals surface area contributed by atoms with Gasteiger partial charge >= 0.3 is 0 Å². The molecule has 108 valence electrons. The standard InChI is InChI=1S/C14H21F2NO2/c1-2-7-17-10-12-5-3-4-6-13(12)19-9-8-18-11-14(15)16/h3-6,14,17H,2,7-11H2,1H3. The quantitative estimate of drug-likeness (QED) is 0.665. The topological polar surface area (TPSA) is 30.5 Å². The third-order valence-electron chi connectivity index (χ3n) is 2.44. The molecule has 0 aromatic heterocycles. The molecule has 5 heteroatoms. The minimum atomic E-state index is -2.43. The Balaban J connectivity index is 2.31. The van der Waals surface area contributed by atoms with E-state index in [1.54, 1.807) is 0 Å². The molecule has 19 heavy (non-hydrogen) atoms. The summed E-state index contributed by atoms with van der Waals surface area (Å²) in [4.78, 5) is 0. The van der Waals surface area contributed by atoms with Gasteiger partial charge in [0.2, 0.25) is 0 Å². The van der Waals surface area contributed by atoms with Crippen LogP contribution in [0.1, 0.15) is 18.9 Å². The van der Waals surface area contributed by atoms with E-state index in [1.807, 2.05) is 24.3 Å². The zero-order valence-corrected chi connectivity index (χ0v) is 11.2. The van der Waals surface area contributed by atoms with Gasteiger partial charge < -0.3 is 14.8 Å². The van der Waals surface area contributed by atoms with Crippen LogP contribution < -0.4 is 10.1 Å². The van der Waals surface area contributed by atoms with Gasteiger partial charge in [-0.1, -0.05) is 25.1 Å². The Labute approximate surface area is 112 Å². The number of benzene rings is 1. The average Bonchev–Trinajstić information content (AvgIpc) is 2.40. The van der Waals surface area contributed by atoms with Crippen LogP contribution in [0.15, 0.2) is 24.3 Å². The van der Waals surface area contributed by atoms with Crippen molar-refractivity contribution in [3.8, 4) is 5.75 Å². The number of nitrogens with one attached hydrogen (secondary N) is 1. The molecule has 0 heterocycles. The SMILES string of the molecule is CCCNCc1ccccc1OCCOCC(F)F. The zero-order valence-electron chi connectivity index (χ0n) is 11.2. The van der Waals surface area contributed by atoms with Gasteiger partial charge in [-0.3, -0.25) is 0 Å². The molecule has 0 bridgehead atoms. The fourth-order valence-corrected chi connectivity index (χ4v) is 1.57. The van der Waals surface area contributed by atoms with Gasteiger partial charge in [0.15, 0.2) is 0 Å². The summed E-state index contributed by atoms with van der Waals surface area (Å²) in [6, 6.07) is 7.69. The number of alkyl halides is 2. The van der Waals surface area contributed by atoms with Crippen LogP contribution in [-0.4, -0.2) is 32.8 Å². The number of hydrogen-bond donors (Lipinski definition) is 1. The second kappa shape index (κ2) is 9.69. The molecule has 1 aromatic rings. The highest BCUT2D eigenvalue weighted by Gasteiger charge is 2.04. The van der Waals surface area contributed by atoms with E-state index in [9.17, 15) is 8.78 Å². The minimum absolute atomic E-state index is 0.168. The summed E-state index contributed by atoms with van der Waals surface area (Å²) in [5.41, 5.74) is 1.06. The Kier molecular flexibility index (Phi) is 8.09. The van der Waals surface area contributed by atoms with E-state index in [1.165, 1.54) is 0 Å². The van der Waals surface area contributed by atoms with Crippen molar-refractivity contribution >= 4 is 0 Å². The lowest BCUT2D eigenvalue weighted by atomic mass is 10.2. The average molecular weight is 273 g/mol. The summed E-state index contributed by atoms with van der Waals surface area (Å²) in [7, 11) is 0. The van der Waals surface area contributed by atoms with Crippen LogP contribution >= 0.6 is 0 Å². The van der Waals surface area contributed by atoms with E-state index in [-0.39, 0.29) is 13.2 Å². The van der Waals surface area contributed by atoms with Gasteiger partial charge in [0.1, 0.15) is 19.0 Å². The van der Waals surface area contributed by atoms with Gasteiger partial charge in [0.25, 0.3) is 6.43 Å². The van der Waals surface area contributed by atoms with Gasteiger partial charge in [0, 0.05) is 12.1 Å². The predicted octanol–water partition coefficient (Wildman–Crippen LogP) is 2.85. The molecule has 0 saturated carbocycles. The molecule has 0 aliphatic heterocycles. The van der Waals surface area contributed by atoms with Crippen molar-refractivity contribution in [1.82, 2.24) is 5.32 Å². The molecule has 0 aliphatic rings. The van der Waals surface area contributed by atoms with Crippen LogP contribution in [0.25, 0.3) is 0 Å². The number of hydrogen-bond acceptors (Lipinski definition) is 3. The maximum absolute atomic E-state index is 11.8. The molecule has 0 fully saturated rings. The van der Waals surface area contributed by atoms with Crippen molar-refractivity contribution in [2.45, 2.75) is 26.3 Å². The van der Waals surface area contributed by atoms with Crippen LogP contribution in [0.3, 0.4) is 0 Å². The molecule has 1 N–H and O–H groups in total. The van der Waals surface area contributed by atoms with Gasteiger partial charge in [-0.05, 0) is 19.0 Å².